The second kappa shape index (κ2) is 5.21. The Kier molecular flexibility index (Phi) is 3.86. The number of rotatable bonds is 4. The molecular weight excluding hydrogens is 256 g/mol. The third kappa shape index (κ3) is 2.54. The summed E-state index contributed by atoms with van der Waals surface area (Å²) in [5.74, 6) is 0. The van der Waals surface area contributed by atoms with Gasteiger partial charge in [-0.15, -0.1) is 0 Å². The van der Waals surface area contributed by atoms with Gasteiger partial charge in [0.1, 0.15) is 5.52 Å². The van der Waals surface area contributed by atoms with E-state index in [2.05, 4.69) is 24.1 Å². The highest BCUT2D eigenvalue weighted by molar-refractivity contribution is 7.22. The summed E-state index contributed by atoms with van der Waals surface area (Å²) in [4.78, 5) is 4.51. The third-order valence-corrected chi connectivity index (χ3v) is 4.13. The van der Waals surface area contributed by atoms with Gasteiger partial charge in [-0.2, -0.15) is 0 Å². The van der Waals surface area contributed by atoms with Crippen molar-refractivity contribution in [3.05, 3.63) is 22.2 Å². The Bertz CT molecular complexity index is 539. The Balaban J connectivity index is 2.36. The van der Waals surface area contributed by atoms with Crippen LogP contribution in [0.4, 0.5) is 5.13 Å². The number of benzene rings is 1. The first-order valence-corrected chi connectivity index (χ1v) is 6.62. The van der Waals surface area contributed by atoms with Gasteiger partial charge < -0.3 is 10.1 Å². The van der Waals surface area contributed by atoms with Crippen LogP contribution in [0.25, 0.3) is 10.2 Å². The SMILES string of the molecule is COCCNc1nc2c(Cl)cc(C)c(C)c2s1. The lowest BCUT2D eigenvalue weighted by Crippen LogP contribution is -2.06. The zero-order valence-electron chi connectivity index (χ0n) is 10.1. The number of ether oxygens (including phenoxy) is 1. The molecule has 0 aliphatic rings. The molecule has 0 amide bonds. The van der Waals surface area contributed by atoms with E-state index in [4.69, 9.17) is 16.3 Å². The van der Waals surface area contributed by atoms with Gasteiger partial charge in [-0.05, 0) is 31.0 Å². The molecule has 0 aliphatic heterocycles. The summed E-state index contributed by atoms with van der Waals surface area (Å²) >= 11 is 7.84. The number of fused-ring (bicyclic) bond motifs is 1. The summed E-state index contributed by atoms with van der Waals surface area (Å²) in [6, 6.07) is 1.97. The first-order valence-electron chi connectivity index (χ1n) is 5.42. The molecule has 2 rings (SSSR count). The second-order valence-electron chi connectivity index (χ2n) is 3.92. The molecule has 0 saturated carbocycles. The highest BCUT2D eigenvalue weighted by Gasteiger charge is 2.11. The maximum Gasteiger partial charge on any atom is 0.183 e. The van der Waals surface area contributed by atoms with E-state index in [0.29, 0.717) is 6.61 Å². The summed E-state index contributed by atoms with van der Waals surface area (Å²) in [6.45, 7) is 5.59. The minimum absolute atomic E-state index is 0.668. The second-order valence-corrected chi connectivity index (χ2v) is 5.32. The zero-order valence-corrected chi connectivity index (χ0v) is 11.7. The molecule has 0 spiro atoms. The fourth-order valence-electron chi connectivity index (χ4n) is 1.62. The molecule has 1 N–H and O–H groups in total. The van der Waals surface area contributed by atoms with Crippen LogP contribution in [0.2, 0.25) is 5.02 Å². The number of aryl methyl sites for hydroxylation is 2. The Morgan fingerprint density at radius 1 is 1.47 bits per heavy atom. The molecule has 0 fully saturated rings. The number of methoxy groups -OCH3 is 1. The Morgan fingerprint density at radius 2 is 2.24 bits per heavy atom. The van der Waals surface area contributed by atoms with Gasteiger partial charge >= 0.3 is 0 Å². The van der Waals surface area contributed by atoms with Crippen molar-refractivity contribution in [2.75, 3.05) is 25.6 Å². The molecule has 1 aromatic carbocycles. The van der Waals surface area contributed by atoms with Crippen LogP contribution in [0, 0.1) is 13.8 Å². The van der Waals surface area contributed by atoms with Gasteiger partial charge in [0, 0.05) is 13.7 Å². The van der Waals surface area contributed by atoms with Crippen LogP contribution in [-0.4, -0.2) is 25.2 Å². The van der Waals surface area contributed by atoms with Crippen LogP contribution >= 0.6 is 22.9 Å². The van der Waals surface area contributed by atoms with Gasteiger partial charge in [0.25, 0.3) is 0 Å². The van der Waals surface area contributed by atoms with Crippen LogP contribution < -0.4 is 5.32 Å². The van der Waals surface area contributed by atoms with Crippen LogP contribution in [0.1, 0.15) is 11.1 Å². The van der Waals surface area contributed by atoms with E-state index in [1.54, 1.807) is 18.4 Å². The van der Waals surface area contributed by atoms with E-state index in [0.717, 1.165) is 26.9 Å². The molecule has 0 radical (unpaired) electrons. The average Bonchev–Trinajstić information content (AvgIpc) is 2.71. The van der Waals surface area contributed by atoms with Crippen molar-refractivity contribution in [3.8, 4) is 0 Å². The van der Waals surface area contributed by atoms with Gasteiger partial charge in [-0.1, -0.05) is 22.9 Å². The lowest BCUT2D eigenvalue weighted by atomic mass is 10.1. The van der Waals surface area contributed by atoms with Crippen molar-refractivity contribution >= 4 is 38.3 Å². The van der Waals surface area contributed by atoms with E-state index in [9.17, 15) is 0 Å². The minimum atomic E-state index is 0.668. The van der Waals surface area contributed by atoms with Crippen molar-refractivity contribution in [1.29, 1.82) is 0 Å². The number of nitrogens with zero attached hydrogens (tertiary/aromatic N) is 1. The highest BCUT2D eigenvalue weighted by Crippen LogP contribution is 2.35. The number of aromatic nitrogens is 1. The number of nitrogens with one attached hydrogen (secondary N) is 1. The lowest BCUT2D eigenvalue weighted by Gasteiger charge is -2.01. The average molecular weight is 271 g/mol. The number of thiazole rings is 1. The zero-order chi connectivity index (χ0) is 12.4. The molecule has 0 atom stereocenters. The number of halogens is 1. The molecule has 0 bridgehead atoms. The Labute approximate surface area is 110 Å². The van der Waals surface area contributed by atoms with Gasteiger partial charge in [0.05, 0.1) is 16.3 Å². The van der Waals surface area contributed by atoms with Crippen molar-refractivity contribution in [1.82, 2.24) is 4.98 Å². The summed E-state index contributed by atoms with van der Waals surface area (Å²) in [6.07, 6.45) is 0. The van der Waals surface area contributed by atoms with Gasteiger partial charge in [0.15, 0.2) is 5.13 Å². The van der Waals surface area contributed by atoms with Gasteiger partial charge in [-0.25, -0.2) is 4.98 Å². The van der Waals surface area contributed by atoms with E-state index in [1.165, 1.54) is 11.1 Å². The van der Waals surface area contributed by atoms with Gasteiger partial charge in [-0.3, -0.25) is 0 Å². The molecule has 1 heterocycles. The Hall–Kier alpha value is -0.840. The fourth-order valence-corrected chi connectivity index (χ4v) is 3.04. The summed E-state index contributed by atoms with van der Waals surface area (Å²) < 4.78 is 6.15. The van der Waals surface area contributed by atoms with Crippen molar-refractivity contribution < 1.29 is 4.74 Å². The predicted molar refractivity (Wildman–Crippen MR) is 74.5 cm³/mol. The summed E-state index contributed by atoms with van der Waals surface area (Å²) in [7, 11) is 1.68. The first kappa shape index (κ1) is 12.6. The molecule has 92 valence electrons. The molecule has 0 aliphatic carbocycles. The van der Waals surface area contributed by atoms with E-state index in [-0.39, 0.29) is 0 Å². The largest absolute Gasteiger partial charge is 0.383 e. The summed E-state index contributed by atoms with van der Waals surface area (Å²) in [5, 5.41) is 4.85. The monoisotopic (exact) mass is 270 g/mol. The molecule has 0 unspecified atom stereocenters. The molecule has 2 aromatic rings. The molecule has 1 aromatic heterocycles. The molecule has 3 nitrogen and oxygen atoms in total. The van der Waals surface area contributed by atoms with Crippen molar-refractivity contribution in [2.24, 2.45) is 0 Å². The quantitative estimate of drug-likeness (QED) is 0.862. The summed E-state index contributed by atoms with van der Waals surface area (Å²) in [5.41, 5.74) is 3.34. The van der Waals surface area contributed by atoms with Crippen LogP contribution in [0.5, 0.6) is 0 Å². The van der Waals surface area contributed by atoms with Crippen LogP contribution in [-0.2, 0) is 4.74 Å². The molecule has 5 heteroatoms. The van der Waals surface area contributed by atoms with Crippen LogP contribution in [0.15, 0.2) is 6.07 Å². The van der Waals surface area contributed by atoms with Gasteiger partial charge in [0.2, 0.25) is 0 Å². The molecule has 17 heavy (non-hydrogen) atoms. The number of anilines is 1. The standard InChI is InChI=1S/C12H15ClN2OS/c1-7-6-9(13)10-11(8(7)2)17-12(15-10)14-4-5-16-3/h6H,4-5H2,1-3H3,(H,14,15). The highest BCUT2D eigenvalue weighted by atomic mass is 35.5. The first-order chi connectivity index (χ1) is 8.13. The predicted octanol–water partition coefficient (Wildman–Crippen LogP) is 3.62. The lowest BCUT2D eigenvalue weighted by molar-refractivity contribution is 0.211. The smallest absolute Gasteiger partial charge is 0.183 e. The topological polar surface area (TPSA) is 34.1 Å². The maximum absolute atomic E-state index is 6.20. The fraction of sp³-hybridized carbons (Fsp3) is 0.417. The Morgan fingerprint density at radius 3 is 2.94 bits per heavy atom. The number of hydrogen-bond donors (Lipinski definition) is 1. The van der Waals surface area contributed by atoms with E-state index >= 15 is 0 Å². The maximum atomic E-state index is 6.20. The van der Waals surface area contributed by atoms with Crippen molar-refractivity contribution in [2.45, 2.75) is 13.8 Å². The molecular formula is C12H15ClN2OS. The normalized spacial score (nSPS) is 11.1. The number of hydrogen-bond acceptors (Lipinski definition) is 4. The minimum Gasteiger partial charge on any atom is -0.383 e. The van der Waals surface area contributed by atoms with Crippen molar-refractivity contribution in [3.63, 3.8) is 0 Å². The van der Waals surface area contributed by atoms with Crippen LogP contribution in [0.3, 0.4) is 0 Å². The molecule has 0 saturated heterocycles. The third-order valence-electron chi connectivity index (χ3n) is 2.71. The van der Waals surface area contributed by atoms with E-state index < -0.39 is 0 Å². The van der Waals surface area contributed by atoms with E-state index in [1.807, 2.05) is 6.07 Å².